The first kappa shape index (κ1) is 25.5. The van der Waals surface area contributed by atoms with Gasteiger partial charge in [-0.25, -0.2) is 9.25 Å². The molecule has 2 aromatic carbocycles. The van der Waals surface area contributed by atoms with Gasteiger partial charge < -0.3 is 19.0 Å². The van der Waals surface area contributed by atoms with Gasteiger partial charge >= 0.3 is 7.52 Å². The minimum atomic E-state index is -3.52. The summed E-state index contributed by atoms with van der Waals surface area (Å²) in [5.74, 6) is 1.77. The molecule has 0 aromatic heterocycles. The van der Waals surface area contributed by atoms with Gasteiger partial charge in [0.25, 0.3) is 0 Å². The second-order valence-corrected chi connectivity index (χ2v) is 14.0. The maximum absolute atomic E-state index is 15.3. The normalized spacial score (nSPS) is 20.4. The summed E-state index contributed by atoms with van der Waals surface area (Å²) in [5.41, 5.74) is 7.50. The second kappa shape index (κ2) is 9.87. The highest BCUT2D eigenvalue weighted by Gasteiger charge is 2.43. The summed E-state index contributed by atoms with van der Waals surface area (Å²) < 4.78 is 33.0. The van der Waals surface area contributed by atoms with E-state index in [0.717, 1.165) is 111 Å². The van der Waals surface area contributed by atoms with E-state index < -0.39 is 7.52 Å². The molecule has 0 radical (unpaired) electrons. The number of hydrogen-bond donors (Lipinski definition) is 0. The van der Waals surface area contributed by atoms with E-state index in [2.05, 4.69) is 21.6 Å². The van der Waals surface area contributed by atoms with Crippen LogP contribution in [0.1, 0.15) is 66.8 Å². The highest BCUT2D eigenvalue weighted by Crippen LogP contribution is 2.64. The van der Waals surface area contributed by atoms with E-state index in [1.165, 1.54) is 33.3 Å². The molecule has 1 unspecified atom stereocenters. The standard InChI is InChI=1S/C31H39N3O4P/c1-3-37-39(36,32(2)13-8-18-35)31-25-19-21-9-4-14-33-16-6-11-23(27(21)33)29(25)38-30-24-12-7-17-34-15-5-10-22(28(24)34)20-26(30)31/h18-20H,3-17H2,1-2H3/q+1. The van der Waals surface area contributed by atoms with Crippen molar-refractivity contribution in [2.24, 2.45) is 0 Å². The molecule has 0 N–H and O–H groups in total. The quantitative estimate of drug-likeness (QED) is 0.298. The Hall–Kier alpha value is -2.47. The van der Waals surface area contributed by atoms with Gasteiger partial charge in [-0.15, -0.1) is 0 Å². The maximum Gasteiger partial charge on any atom is 0.303 e. The zero-order chi connectivity index (χ0) is 26.7. The van der Waals surface area contributed by atoms with Crippen LogP contribution in [0.3, 0.4) is 0 Å². The number of fused-ring (bicyclic) bond motifs is 4. The minimum absolute atomic E-state index is 0.311. The van der Waals surface area contributed by atoms with Crippen molar-refractivity contribution >= 4 is 24.8 Å². The molecule has 39 heavy (non-hydrogen) atoms. The first-order valence-electron chi connectivity index (χ1n) is 14.9. The SMILES string of the molecule is CCOP(=O)(C1=c2cc3c4c(c2Oc2c1cc1c5c2CCCN5CCC1)CCC[N+]=4CCC3)N(C)CCC=O. The van der Waals surface area contributed by atoms with E-state index in [0.29, 0.717) is 19.6 Å². The van der Waals surface area contributed by atoms with Gasteiger partial charge in [-0.3, -0.25) is 4.57 Å². The van der Waals surface area contributed by atoms with Gasteiger partial charge in [-0.2, -0.15) is 0 Å². The monoisotopic (exact) mass is 548 g/mol. The molecule has 8 heteroatoms. The molecule has 0 fully saturated rings. The number of nitrogens with zero attached hydrogens (tertiary/aromatic N) is 3. The Morgan fingerprint density at radius 3 is 2.56 bits per heavy atom. The molecule has 7 nitrogen and oxygen atoms in total. The van der Waals surface area contributed by atoms with Crippen molar-refractivity contribution in [2.75, 3.05) is 51.3 Å². The third-order valence-electron chi connectivity index (χ3n) is 9.27. The number of ether oxygens (including phenoxy) is 1. The molecule has 0 aliphatic carbocycles. The lowest BCUT2D eigenvalue weighted by atomic mass is 9.87. The molecule has 5 aliphatic heterocycles. The topological polar surface area (TPSA) is 62.1 Å². The molecule has 2 aromatic rings. The van der Waals surface area contributed by atoms with Crippen molar-refractivity contribution in [1.29, 1.82) is 0 Å². The maximum atomic E-state index is 15.3. The minimum Gasteiger partial charge on any atom is -0.455 e. The molecular formula is C31H39N3O4P+. The van der Waals surface area contributed by atoms with Gasteiger partial charge in [0, 0.05) is 66.5 Å². The van der Waals surface area contributed by atoms with Crippen molar-refractivity contribution in [3.63, 3.8) is 0 Å². The van der Waals surface area contributed by atoms with E-state index >= 15 is 4.57 Å². The zero-order valence-electron chi connectivity index (χ0n) is 23.3. The van der Waals surface area contributed by atoms with Crippen LogP contribution in [0.5, 0.6) is 11.5 Å². The fraction of sp³-hybridized carbons (Fsp3) is 0.548. The van der Waals surface area contributed by atoms with E-state index in [4.69, 9.17) is 9.26 Å². The highest BCUT2D eigenvalue weighted by molar-refractivity contribution is 7.67. The Morgan fingerprint density at radius 2 is 1.77 bits per heavy atom. The molecule has 0 spiro atoms. The molecule has 0 saturated heterocycles. The van der Waals surface area contributed by atoms with Crippen LogP contribution in [-0.2, 0) is 39.6 Å². The van der Waals surface area contributed by atoms with Gasteiger partial charge in [0.05, 0.1) is 17.5 Å². The Balaban J connectivity index is 1.60. The summed E-state index contributed by atoms with van der Waals surface area (Å²) in [6.07, 6.45) is 9.66. The van der Waals surface area contributed by atoms with Crippen LogP contribution in [0.15, 0.2) is 12.1 Å². The first-order valence-corrected chi connectivity index (χ1v) is 16.5. The number of anilines is 1. The molecule has 0 amide bonds. The molecule has 0 bridgehead atoms. The van der Waals surface area contributed by atoms with E-state index in [1.807, 2.05) is 14.0 Å². The van der Waals surface area contributed by atoms with Crippen LogP contribution >= 0.6 is 7.52 Å². The second-order valence-electron chi connectivity index (χ2n) is 11.6. The third-order valence-corrected chi connectivity index (χ3v) is 12.0. The highest BCUT2D eigenvalue weighted by atomic mass is 31.2. The zero-order valence-corrected chi connectivity index (χ0v) is 24.2. The lowest BCUT2D eigenvalue weighted by Crippen LogP contribution is -2.45. The van der Waals surface area contributed by atoms with Crippen LogP contribution in [0.4, 0.5) is 5.69 Å². The summed E-state index contributed by atoms with van der Waals surface area (Å²) in [6, 6.07) is 4.53. The number of hydrogen-bond acceptors (Lipinski definition) is 5. The van der Waals surface area contributed by atoms with E-state index in [1.54, 1.807) is 4.67 Å². The largest absolute Gasteiger partial charge is 0.455 e. The summed E-state index contributed by atoms with van der Waals surface area (Å²) in [7, 11) is -1.68. The van der Waals surface area contributed by atoms with Gasteiger partial charge in [-0.1, -0.05) is 0 Å². The number of carbonyl (C=O) groups excluding carboxylic acids is 1. The van der Waals surface area contributed by atoms with Crippen molar-refractivity contribution in [1.82, 2.24) is 9.25 Å². The van der Waals surface area contributed by atoms with Crippen LogP contribution in [-0.4, -0.2) is 57.3 Å². The average molecular weight is 549 g/mol. The average Bonchev–Trinajstić information content (AvgIpc) is 2.95. The molecule has 0 saturated carbocycles. The van der Waals surface area contributed by atoms with Crippen molar-refractivity contribution in [3.05, 3.63) is 50.5 Å². The van der Waals surface area contributed by atoms with Crippen LogP contribution in [0, 0.1) is 0 Å². The predicted octanol–water partition coefficient (Wildman–Crippen LogP) is 3.78. The van der Waals surface area contributed by atoms with Gasteiger partial charge in [0.15, 0.2) is 0 Å². The summed E-state index contributed by atoms with van der Waals surface area (Å²) in [6.45, 7) is 6.97. The lowest BCUT2D eigenvalue weighted by molar-refractivity contribution is -0.107. The van der Waals surface area contributed by atoms with Gasteiger partial charge in [0.1, 0.15) is 30.9 Å². The smallest absolute Gasteiger partial charge is 0.303 e. The fourth-order valence-corrected chi connectivity index (χ4v) is 10.0. The Bertz CT molecular complexity index is 1540. The summed E-state index contributed by atoms with van der Waals surface area (Å²) >= 11 is 0. The van der Waals surface area contributed by atoms with Crippen molar-refractivity contribution in [3.8, 4) is 11.5 Å². The number of aryl methyl sites for hydroxylation is 2. The van der Waals surface area contributed by atoms with Crippen LogP contribution < -0.4 is 24.8 Å². The number of carbonyl (C=O) groups is 1. The van der Waals surface area contributed by atoms with Crippen molar-refractivity contribution in [2.45, 2.75) is 64.7 Å². The van der Waals surface area contributed by atoms with Crippen LogP contribution in [0.25, 0.3) is 5.31 Å². The third kappa shape index (κ3) is 3.88. The molecule has 5 aliphatic rings. The predicted molar refractivity (Wildman–Crippen MR) is 154 cm³/mol. The van der Waals surface area contributed by atoms with E-state index in [9.17, 15) is 4.79 Å². The molecular weight excluding hydrogens is 509 g/mol. The molecule has 5 heterocycles. The number of rotatable bonds is 7. The number of aldehydes is 1. The molecule has 1 atom stereocenters. The summed E-state index contributed by atoms with van der Waals surface area (Å²) in [5, 5.41) is 3.06. The molecule has 206 valence electrons. The lowest BCUT2D eigenvalue weighted by Gasteiger charge is -2.40. The summed E-state index contributed by atoms with van der Waals surface area (Å²) in [4.78, 5) is 13.9. The van der Waals surface area contributed by atoms with Gasteiger partial charge in [-0.05, 0) is 70.2 Å². The van der Waals surface area contributed by atoms with Crippen LogP contribution in [0.2, 0.25) is 0 Å². The number of benzene rings is 2. The fourth-order valence-electron chi connectivity index (χ4n) is 7.68. The van der Waals surface area contributed by atoms with E-state index in [-0.39, 0.29) is 0 Å². The first-order chi connectivity index (χ1) is 19.0. The Kier molecular flexibility index (Phi) is 6.45. The van der Waals surface area contributed by atoms with Gasteiger partial charge in [0.2, 0.25) is 5.36 Å². The molecule has 7 rings (SSSR count). The Morgan fingerprint density at radius 1 is 1.03 bits per heavy atom. The Labute approximate surface area is 230 Å². The van der Waals surface area contributed by atoms with Crippen molar-refractivity contribution < 1.29 is 18.6 Å².